The van der Waals surface area contributed by atoms with Gasteiger partial charge in [0.2, 0.25) is 0 Å². The maximum absolute atomic E-state index is 2.25. The Bertz CT molecular complexity index is 1000. The highest BCUT2D eigenvalue weighted by Gasteiger charge is 2.04. The van der Waals surface area contributed by atoms with Gasteiger partial charge in [-0.1, -0.05) is 156 Å². The molecule has 0 heteroatoms. The lowest BCUT2D eigenvalue weighted by atomic mass is 9.94. The molecule has 0 aliphatic rings. The van der Waals surface area contributed by atoms with Gasteiger partial charge in [-0.2, -0.15) is 0 Å². The summed E-state index contributed by atoms with van der Waals surface area (Å²) in [5.41, 5.74) is 5.47. The van der Waals surface area contributed by atoms with Crippen molar-refractivity contribution < 1.29 is 0 Å². The van der Waals surface area contributed by atoms with E-state index >= 15 is 0 Å². The summed E-state index contributed by atoms with van der Waals surface area (Å²) in [6.45, 7) is 14.9. The molecule has 0 heterocycles. The van der Waals surface area contributed by atoms with Crippen molar-refractivity contribution in [3.05, 3.63) is 95.1 Å². The Morgan fingerprint density at radius 2 is 0.941 bits per heavy atom. The highest BCUT2D eigenvalue weighted by Crippen LogP contribution is 2.26. The second-order valence-corrected chi connectivity index (χ2v) is 7.53. The Kier molecular flexibility index (Phi) is 24.3. The molecule has 0 fully saturated rings. The predicted octanol–water partition coefficient (Wildman–Crippen LogP) is 12.6. The summed E-state index contributed by atoms with van der Waals surface area (Å²) in [6.07, 6.45) is 0. The van der Waals surface area contributed by atoms with E-state index in [1.165, 1.54) is 43.8 Å². The van der Waals surface area contributed by atoms with Crippen LogP contribution in [0.25, 0.3) is 21.5 Å². The van der Waals surface area contributed by atoms with Crippen molar-refractivity contribution in [2.45, 2.75) is 98.9 Å². The monoisotopic (exact) mass is 466 g/mol. The minimum atomic E-state index is 0. The van der Waals surface area contributed by atoms with E-state index in [2.05, 4.69) is 107 Å². The average molecular weight is 467 g/mol. The van der Waals surface area contributed by atoms with Crippen LogP contribution in [0.3, 0.4) is 0 Å². The van der Waals surface area contributed by atoms with Crippen LogP contribution >= 0.6 is 0 Å². The lowest BCUT2D eigenvalue weighted by Gasteiger charge is -2.10. The Hall–Kier alpha value is -2.60. The second-order valence-electron chi connectivity index (χ2n) is 7.53. The van der Waals surface area contributed by atoms with Crippen LogP contribution in [0.15, 0.2) is 72.8 Å². The minimum Gasteiger partial charge on any atom is -0.0776 e. The number of benzene rings is 4. The number of rotatable bonds is 1. The SMILES string of the molecule is C.C.C.C.C.C.CC.Cc1ccc2ccc(C)cc2c1.Cc1cccc2c(C(C)C)cccc12. The minimum absolute atomic E-state index is 0. The van der Waals surface area contributed by atoms with Gasteiger partial charge in [0.15, 0.2) is 0 Å². The first-order valence-corrected chi connectivity index (χ1v) is 10.4. The molecule has 0 nitrogen and oxygen atoms in total. The van der Waals surface area contributed by atoms with Gasteiger partial charge in [-0.15, -0.1) is 0 Å². The zero-order chi connectivity index (χ0) is 20.7. The van der Waals surface area contributed by atoms with Crippen molar-refractivity contribution in [2.75, 3.05) is 0 Å². The molecule has 0 N–H and O–H groups in total. The fourth-order valence-corrected chi connectivity index (χ4v) is 3.48. The second kappa shape index (κ2) is 19.8. The van der Waals surface area contributed by atoms with Gasteiger partial charge in [-0.3, -0.25) is 0 Å². The van der Waals surface area contributed by atoms with Crippen molar-refractivity contribution in [1.82, 2.24) is 0 Å². The Labute approximate surface area is 215 Å². The van der Waals surface area contributed by atoms with Crippen LogP contribution in [0.1, 0.15) is 100 Å². The summed E-state index contributed by atoms with van der Waals surface area (Å²) in [7, 11) is 0. The average Bonchev–Trinajstić information content (AvgIpc) is 2.69. The molecule has 0 amide bonds. The summed E-state index contributed by atoms with van der Waals surface area (Å²) in [6, 6.07) is 26.2. The molecule has 0 aromatic heterocycles. The van der Waals surface area contributed by atoms with Crippen LogP contribution in [-0.2, 0) is 0 Å². The first-order valence-electron chi connectivity index (χ1n) is 10.4. The largest absolute Gasteiger partial charge is 0.0776 e. The van der Waals surface area contributed by atoms with E-state index in [1.807, 2.05) is 13.8 Å². The van der Waals surface area contributed by atoms with E-state index in [4.69, 9.17) is 0 Å². The molecule has 0 spiro atoms. The summed E-state index contributed by atoms with van der Waals surface area (Å²) < 4.78 is 0. The highest BCUT2D eigenvalue weighted by atomic mass is 14.1. The quantitative estimate of drug-likeness (QED) is 0.261. The molecule has 34 heavy (non-hydrogen) atoms. The Morgan fingerprint density at radius 3 is 1.41 bits per heavy atom. The fraction of sp³-hybridized carbons (Fsp3) is 0.412. The molecule has 0 aliphatic heterocycles. The number of hydrogen-bond donors (Lipinski definition) is 0. The molecule has 4 aromatic rings. The number of hydrogen-bond acceptors (Lipinski definition) is 0. The maximum atomic E-state index is 2.25. The van der Waals surface area contributed by atoms with Crippen molar-refractivity contribution in [3.63, 3.8) is 0 Å². The van der Waals surface area contributed by atoms with E-state index < -0.39 is 0 Å². The molecule has 0 radical (unpaired) electrons. The molecule has 0 unspecified atom stereocenters. The van der Waals surface area contributed by atoms with E-state index in [1.54, 1.807) is 0 Å². The first kappa shape index (κ1) is 41.6. The third-order valence-corrected chi connectivity index (χ3v) is 4.95. The molecule has 0 aliphatic carbocycles. The van der Waals surface area contributed by atoms with Gasteiger partial charge < -0.3 is 0 Å². The van der Waals surface area contributed by atoms with Crippen LogP contribution in [-0.4, -0.2) is 0 Å². The third kappa shape index (κ3) is 10.6. The molecular weight excluding hydrogens is 408 g/mol. The van der Waals surface area contributed by atoms with Crippen LogP contribution < -0.4 is 0 Å². The number of fused-ring (bicyclic) bond motifs is 2. The fourth-order valence-electron chi connectivity index (χ4n) is 3.48. The van der Waals surface area contributed by atoms with Gasteiger partial charge >= 0.3 is 0 Å². The lowest BCUT2D eigenvalue weighted by Crippen LogP contribution is -1.89. The zero-order valence-electron chi connectivity index (χ0n) is 18.5. The van der Waals surface area contributed by atoms with Crippen LogP contribution in [0.4, 0.5) is 0 Å². The lowest BCUT2D eigenvalue weighted by molar-refractivity contribution is 0.876. The van der Waals surface area contributed by atoms with Crippen molar-refractivity contribution in [3.8, 4) is 0 Å². The summed E-state index contributed by atoms with van der Waals surface area (Å²) in [5, 5.41) is 5.46. The van der Waals surface area contributed by atoms with Gasteiger partial charge in [0.25, 0.3) is 0 Å². The summed E-state index contributed by atoms with van der Waals surface area (Å²) in [4.78, 5) is 0. The smallest absolute Gasteiger partial charge is 0.0147 e. The standard InChI is InChI=1S/C14H16.C12H12.C2H6.6CH4/c1-10(2)12-7-5-8-13-11(3)6-4-9-14(12)13;1-9-3-5-11-6-4-10(2)8-12(11)7-9;1-2;;;;;;/h4-10H,1-3H3;3-8H,1-2H3;1-2H3;6*1H4. The Balaban J connectivity index is -0.000000133. The van der Waals surface area contributed by atoms with Crippen molar-refractivity contribution >= 4 is 21.5 Å². The van der Waals surface area contributed by atoms with Crippen LogP contribution in [0.5, 0.6) is 0 Å². The highest BCUT2D eigenvalue weighted by molar-refractivity contribution is 5.88. The molecule has 4 rings (SSSR count). The van der Waals surface area contributed by atoms with Crippen molar-refractivity contribution in [2.24, 2.45) is 0 Å². The van der Waals surface area contributed by atoms with E-state index in [0.29, 0.717) is 5.92 Å². The molecule has 0 atom stereocenters. The maximum Gasteiger partial charge on any atom is -0.0147 e. The molecule has 0 saturated heterocycles. The third-order valence-electron chi connectivity index (χ3n) is 4.95. The molecule has 4 aromatic carbocycles. The molecular formula is C34H58. The predicted molar refractivity (Wildman–Crippen MR) is 168 cm³/mol. The van der Waals surface area contributed by atoms with Crippen LogP contribution in [0.2, 0.25) is 0 Å². The van der Waals surface area contributed by atoms with Gasteiger partial charge in [-0.25, -0.2) is 0 Å². The van der Waals surface area contributed by atoms with Gasteiger partial charge in [0.05, 0.1) is 0 Å². The molecule has 0 saturated carbocycles. The summed E-state index contributed by atoms with van der Waals surface area (Å²) >= 11 is 0. The normalized spacial score (nSPS) is 8.47. The van der Waals surface area contributed by atoms with E-state index in [0.717, 1.165) is 0 Å². The summed E-state index contributed by atoms with van der Waals surface area (Å²) in [5.74, 6) is 0.598. The van der Waals surface area contributed by atoms with E-state index in [9.17, 15) is 0 Å². The zero-order valence-corrected chi connectivity index (χ0v) is 18.5. The topological polar surface area (TPSA) is 0 Å². The van der Waals surface area contributed by atoms with Gasteiger partial charge in [0, 0.05) is 0 Å². The molecule has 0 bridgehead atoms. The van der Waals surface area contributed by atoms with Crippen molar-refractivity contribution in [1.29, 1.82) is 0 Å². The Morgan fingerprint density at radius 1 is 0.500 bits per heavy atom. The number of aryl methyl sites for hydroxylation is 3. The van der Waals surface area contributed by atoms with Crippen LogP contribution in [0, 0.1) is 20.8 Å². The van der Waals surface area contributed by atoms with Gasteiger partial charge in [0.1, 0.15) is 0 Å². The first-order chi connectivity index (χ1) is 13.5. The van der Waals surface area contributed by atoms with Gasteiger partial charge in [-0.05, 0) is 59.4 Å². The molecule has 194 valence electrons. The van der Waals surface area contributed by atoms with E-state index in [-0.39, 0.29) is 44.6 Å².